The minimum Gasteiger partial charge on any atom is -0.453 e. The summed E-state index contributed by atoms with van der Waals surface area (Å²) in [6.45, 7) is 0.592. The number of hydrogen-bond acceptors (Lipinski definition) is 5. The molecule has 16 heavy (non-hydrogen) atoms. The van der Waals surface area contributed by atoms with Gasteiger partial charge in [0.2, 0.25) is 6.79 Å². The van der Waals surface area contributed by atoms with Gasteiger partial charge < -0.3 is 14.3 Å². The van der Waals surface area contributed by atoms with Crippen LogP contribution in [0.3, 0.4) is 0 Å². The molecule has 0 amide bonds. The Bertz CT molecular complexity index is 422. The molecule has 0 fully saturated rings. The minimum atomic E-state index is 0.132. The predicted octanol–water partition coefficient (Wildman–Crippen LogP) is 1.64. The molecule has 0 aliphatic carbocycles. The monoisotopic (exact) mass is 287 g/mol. The van der Waals surface area contributed by atoms with Crippen molar-refractivity contribution in [1.82, 2.24) is 5.48 Å². The molecule has 0 unspecified atom stereocenters. The Morgan fingerprint density at radius 1 is 1.56 bits per heavy atom. The maximum absolute atomic E-state index is 10.8. The smallest absolute Gasteiger partial charge is 0.231 e. The van der Waals surface area contributed by atoms with E-state index in [2.05, 4.69) is 21.4 Å². The first-order valence-electron chi connectivity index (χ1n) is 4.60. The normalized spacial score (nSPS) is 12.9. The van der Waals surface area contributed by atoms with E-state index in [1.54, 1.807) is 6.07 Å². The van der Waals surface area contributed by atoms with Crippen LogP contribution >= 0.6 is 15.9 Å². The fourth-order valence-corrected chi connectivity index (χ4v) is 2.08. The zero-order valence-corrected chi connectivity index (χ0v) is 10.2. The number of fused-ring (bicyclic) bond motifs is 1. The van der Waals surface area contributed by atoms with Gasteiger partial charge in [-0.05, 0) is 6.07 Å². The third-order valence-electron chi connectivity index (χ3n) is 2.24. The maximum atomic E-state index is 10.8. The van der Waals surface area contributed by atoms with E-state index in [1.165, 1.54) is 7.11 Å². The lowest BCUT2D eigenvalue weighted by Crippen LogP contribution is -2.12. The van der Waals surface area contributed by atoms with Crippen LogP contribution in [0.4, 0.5) is 0 Å². The van der Waals surface area contributed by atoms with Crippen molar-refractivity contribution in [3.8, 4) is 11.5 Å². The van der Waals surface area contributed by atoms with Gasteiger partial charge in [0.1, 0.15) is 0 Å². The first kappa shape index (κ1) is 11.4. The molecule has 0 saturated heterocycles. The van der Waals surface area contributed by atoms with Gasteiger partial charge in [0.05, 0.1) is 19.2 Å². The summed E-state index contributed by atoms with van der Waals surface area (Å²) in [5.74, 6) is 1.08. The second kappa shape index (κ2) is 4.82. The molecular formula is C10H10BrNO4. The van der Waals surface area contributed by atoms with E-state index >= 15 is 0 Å². The van der Waals surface area contributed by atoms with Crippen LogP contribution < -0.4 is 15.0 Å². The molecule has 0 bridgehead atoms. The summed E-state index contributed by atoms with van der Waals surface area (Å²) in [5, 5.41) is 0. The third kappa shape index (κ3) is 1.91. The third-order valence-corrected chi connectivity index (χ3v) is 2.95. The molecule has 1 N–H and O–H groups in total. The number of rotatable bonds is 4. The number of ether oxygens (including phenoxy) is 2. The summed E-state index contributed by atoms with van der Waals surface area (Å²) < 4.78 is 11.4. The Morgan fingerprint density at radius 3 is 3.00 bits per heavy atom. The average Bonchev–Trinajstić information content (AvgIpc) is 2.76. The van der Waals surface area contributed by atoms with Crippen LogP contribution in [-0.2, 0) is 11.4 Å². The summed E-state index contributed by atoms with van der Waals surface area (Å²) in [7, 11) is 1.53. The quantitative estimate of drug-likeness (QED) is 0.674. The van der Waals surface area contributed by atoms with Gasteiger partial charge in [-0.2, -0.15) is 5.48 Å². The second-order valence-corrected chi connectivity index (χ2v) is 3.99. The summed E-state index contributed by atoms with van der Waals surface area (Å²) in [6, 6.07) is 1.70. The van der Waals surface area contributed by atoms with Crippen LogP contribution in [0.1, 0.15) is 15.9 Å². The predicted molar refractivity (Wildman–Crippen MR) is 59.5 cm³/mol. The Labute approximate surface area is 101 Å². The summed E-state index contributed by atoms with van der Waals surface area (Å²) >= 11 is 3.38. The minimum absolute atomic E-state index is 0.132. The number of halogens is 1. The molecule has 2 rings (SSSR count). The zero-order chi connectivity index (χ0) is 11.5. The van der Waals surface area contributed by atoms with Crippen molar-refractivity contribution in [3.05, 3.63) is 21.7 Å². The lowest BCUT2D eigenvalue weighted by molar-refractivity contribution is 0.0856. The van der Waals surface area contributed by atoms with Crippen LogP contribution in [0.2, 0.25) is 0 Å². The van der Waals surface area contributed by atoms with Crippen molar-refractivity contribution in [2.75, 3.05) is 13.9 Å². The molecule has 1 aliphatic heterocycles. The van der Waals surface area contributed by atoms with Crippen LogP contribution in [0, 0.1) is 0 Å². The average molecular weight is 288 g/mol. The Balaban J connectivity index is 2.45. The van der Waals surface area contributed by atoms with Crippen molar-refractivity contribution < 1.29 is 19.1 Å². The summed E-state index contributed by atoms with van der Waals surface area (Å²) in [4.78, 5) is 15.6. The number of carbonyl (C=O) groups excluding carboxylic acids is 1. The number of carbonyl (C=O) groups is 1. The molecular weight excluding hydrogens is 278 g/mol. The van der Waals surface area contributed by atoms with E-state index in [0.717, 1.165) is 16.3 Å². The molecule has 0 aromatic heterocycles. The van der Waals surface area contributed by atoms with Crippen LogP contribution in [0.15, 0.2) is 10.5 Å². The van der Waals surface area contributed by atoms with E-state index in [4.69, 9.17) is 14.3 Å². The van der Waals surface area contributed by atoms with Gasteiger partial charge in [0, 0.05) is 10.0 Å². The maximum Gasteiger partial charge on any atom is 0.231 e. The Morgan fingerprint density at radius 2 is 2.31 bits per heavy atom. The standard InChI is InChI=1S/C10H10BrNO4/c1-14-12-3-7-8(11)2-6(4-13)9-10(7)16-5-15-9/h2,4,12H,3,5H2,1H3. The van der Waals surface area contributed by atoms with Crippen LogP contribution in [-0.4, -0.2) is 20.2 Å². The van der Waals surface area contributed by atoms with Gasteiger partial charge in [0.25, 0.3) is 0 Å². The highest BCUT2D eigenvalue weighted by Gasteiger charge is 2.24. The van der Waals surface area contributed by atoms with Gasteiger partial charge in [-0.15, -0.1) is 0 Å². The fraction of sp³-hybridized carbons (Fsp3) is 0.300. The molecule has 1 aromatic rings. The van der Waals surface area contributed by atoms with E-state index in [-0.39, 0.29) is 6.79 Å². The van der Waals surface area contributed by atoms with Crippen molar-refractivity contribution >= 4 is 22.2 Å². The molecule has 0 radical (unpaired) electrons. The lowest BCUT2D eigenvalue weighted by atomic mass is 10.1. The molecule has 0 atom stereocenters. The summed E-state index contributed by atoms with van der Waals surface area (Å²) in [6.07, 6.45) is 0.742. The first-order chi connectivity index (χ1) is 7.77. The first-order valence-corrected chi connectivity index (χ1v) is 5.39. The zero-order valence-electron chi connectivity index (χ0n) is 8.58. The fourth-order valence-electron chi connectivity index (χ4n) is 1.51. The topological polar surface area (TPSA) is 56.8 Å². The molecule has 1 heterocycles. The van der Waals surface area contributed by atoms with Gasteiger partial charge in [0.15, 0.2) is 17.8 Å². The van der Waals surface area contributed by atoms with E-state index < -0.39 is 0 Å². The van der Waals surface area contributed by atoms with Crippen LogP contribution in [0.25, 0.3) is 0 Å². The molecule has 0 spiro atoms. The Hall–Kier alpha value is -1.11. The van der Waals surface area contributed by atoms with E-state index in [9.17, 15) is 4.79 Å². The molecule has 1 aliphatic rings. The summed E-state index contributed by atoms with van der Waals surface area (Å²) in [5.41, 5.74) is 4.05. The van der Waals surface area contributed by atoms with Crippen molar-refractivity contribution in [2.45, 2.75) is 6.54 Å². The lowest BCUT2D eigenvalue weighted by Gasteiger charge is -2.10. The highest BCUT2D eigenvalue weighted by atomic mass is 79.9. The van der Waals surface area contributed by atoms with E-state index in [1.807, 2.05) is 0 Å². The molecule has 86 valence electrons. The van der Waals surface area contributed by atoms with Gasteiger partial charge in [-0.25, -0.2) is 0 Å². The molecule has 6 heteroatoms. The number of nitrogens with one attached hydrogen (secondary N) is 1. The second-order valence-electron chi connectivity index (χ2n) is 3.13. The SMILES string of the molecule is CONCc1c(Br)cc(C=O)c2c1OCO2. The molecule has 0 saturated carbocycles. The van der Waals surface area contributed by atoms with Crippen molar-refractivity contribution in [3.63, 3.8) is 0 Å². The highest BCUT2D eigenvalue weighted by molar-refractivity contribution is 9.10. The van der Waals surface area contributed by atoms with Crippen molar-refractivity contribution in [1.29, 1.82) is 0 Å². The molecule has 1 aromatic carbocycles. The Kier molecular flexibility index (Phi) is 3.42. The van der Waals surface area contributed by atoms with Gasteiger partial charge in [-0.1, -0.05) is 15.9 Å². The van der Waals surface area contributed by atoms with Gasteiger partial charge in [-0.3, -0.25) is 4.79 Å². The number of benzene rings is 1. The van der Waals surface area contributed by atoms with Gasteiger partial charge >= 0.3 is 0 Å². The number of aldehydes is 1. The number of hydrogen-bond donors (Lipinski definition) is 1. The highest BCUT2D eigenvalue weighted by Crippen LogP contribution is 2.42. The van der Waals surface area contributed by atoms with E-state index in [0.29, 0.717) is 23.6 Å². The van der Waals surface area contributed by atoms with Crippen LogP contribution in [0.5, 0.6) is 11.5 Å². The number of hydroxylamine groups is 1. The molecule has 5 nitrogen and oxygen atoms in total. The van der Waals surface area contributed by atoms with Crippen molar-refractivity contribution in [2.24, 2.45) is 0 Å². The largest absolute Gasteiger partial charge is 0.453 e.